The fourth-order valence-corrected chi connectivity index (χ4v) is 5.42. The van der Waals surface area contributed by atoms with E-state index in [2.05, 4.69) is 5.32 Å². The number of ether oxygens (including phenoxy) is 3. The van der Waals surface area contributed by atoms with Crippen molar-refractivity contribution in [2.24, 2.45) is 0 Å². The van der Waals surface area contributed by atoms with E-state index in [9.17, 15) is 13.2 Å². The van der Waals surface area contributed by atoms with Gasteiger partial charge in [-0.2, -0.15) is 0 Å². The first-order valence-corrected chi connectivity index (χ1v) is 12.2. The first-order chi connectivity index (χ1) is 16.3. The molecule has 0 spiro atoms. The smallest absolute Gasteiger partial charge is 0.264 e. The van der Waals surface area contributed by atoms with Crippen molar-refractivity contribution in [2.45, 2.75) is 11.3 Å². The van der Waals surface area contributed by atoms with Crippen LogP contribution < -0.4 is 23.8 Å². The van der Waals surface area contributed by atoms with Crippen molar-refractivity contribution >= 4 is 38.9 Å². The summed E-state index contributed by atoms with van der Waals surface area (Å²) in [4.78, 5) is 12.5. The fraction of sp³-hybridized carbons (Fsp3) is 0.208. The van der Waals surface area contributed by atoms with Crippen LogP contribution >= 0.6 is 11.6 Å². The SMILES string of the molecule is COc1cc(NC(=O)COc2ccc(S(=O)(=O)N3CCc4ccccc43)cc2)c(OC)cc1Cl. The Bertz CT molecular complexity index is 1310. The largest absolute Gasteiger partial charge is 0.495 e. The highest BCUT2D eigenvalue weighted by molar-refractivity contribution is 7.92. The van der Waals surface area contributed by atoms with Gasteiger partial charge in [0.2, 0.25) is 0 Å². The predicted octanol–water partition coefficient (Wildman–Crippen LogP) is 4.13. The summed E-state index contributed by atoms with van der Waals surface area (Å²) in [5.74, 6) is 0.679. The Kier molecular flexibility index (Phi) is 6.85. The Labute approximate surface area is 203 Å². The molecule has 1 aliphatic rings. The summed E-state index contributed by atoms with van der Waals surface area (Å²) in [6.45, 7) is 0.110. The molecule has 1 N–H and O–H groups in total. The number of carbonyl (C=O) groups excluding carboxylic acids is 1. The van der Waals surface area contributed by atoms with Crippen LogP contribution in [-0.4, -0.2) is 41.7 Å². The predicted molar refractivity (Wildman–Crippen MR) is 130 cm³/mol. The minimum Gasteiger partial charge on any atom is -0.495 e. The summed E-state index contributed by atoms with van der Waals surface area (Å²) in [6.07, 6.45) is 0.677. The molecule has 0 aliphatic carbocycles. The summed E-state index contributed by atoms with van der Waals surface area (Å²) in [5.41, 5.74) is 2.09. The van der Waals surface area contributed by atoms with Crippen LogP contribution in [-0.2, 0) is 21.2 Å². The lowest BCUT2D eigenvalue weighted by atomic mass is 10.2. The van der Waals surface area contributed by atoms with Crippen LogP contribution in [0.5, 0.6) is 17.2 Å². The van der Waals surface area contributed by atoms with Gasteiger partial charge in [0.25, 0.3) is 15.9 Å². The number of nitrogens with zero attached hydrogens (tertiary/aromatic N) is 1. The number of para-hydroxylation sites is 1. The van der Waals surface area contributed by atoms with E-state index in [0.29, 0.717) is 46.6 Å². The fourth-order valence-electron chi connectivity index (χ4n) is 3.69. The Balaban J connectivity index is 1.41. The standard InChI is InChI=1S/C24H23ClN2O6S/c1-31-22-14-20(23(32-2)13-19(22)25)26-24(28)15-33-17-7-9-18(10-8-17)34(29,30)27-12-11-16-5-3-4-6-21(16)27/h3-10,13-14H,11-12,15H2,1-2H3,(H,26,28). The van der Waals surface area contributed by atoms with Gasteiger partial charge in [-0.15, -0.1) is 0 Å². The van der Waals surface area contributed by atoms with Crippen LogP contribution in [0.25, 0.3) is 0 Å². The molecule has 10 heteroatoms. The van der Waals surface area contributed by atoms with Gasteiger partial charge < -0.3 is 19.5 Å². The van der Waals surface area contributed by atoms with Crippen LogP contribution in [0.2, 0.25) is 5.02 Å². The van der Waals surface area contributed by atoms with E-state index in [1.807, 2.05) is 18.2 Å². The highest BCUT2D eigenvalue weighted by atomic mass is 35.5. The van der Waals surface area contributed by atoms with Crippen molar-refractivity contribution in [2.75, 3.05) is 37.0 Å². The summed E-state index contributed by atoms with van der Waals surface area (Å²) in [7, 11) is -0.771. The van der Waals surface area contributed by atoms with E-state index in [0.717, 1.165) is 5.56 Å². The lowest BCUT2D eigenvalue weighted by Crippen LogP contribution is -2.29. The number of nitrogens with one attached hydrogen (secondary N) is 1. The maximum Gasteiger partial charge on any atom is 0.264 e. The third-order valence-corrected chi connectivity index (χ3v) is 7.50. The van der Waals surface area contributed by atoms with Crippen molar-refractivity contribution in [1.29, 1.82) is 0 Å². The molecule has 0 bridgehead atoms. The van der Waals surface area contributed by atoms with E-state index in [1.54, 1.807) is 12.1 Å². The van der Waals surface area contributed by atoms with Crippen LogP contribution in [0.15, 0.2) is 65.6 Å². The van der Waals surface area contributed by atoms with Gasteiger partial charge >= 0.3 is 0 Å². The molecular formula is C24H23ClN2O6S. The maximum atomic E-state index is 13.1. The minimum absolute atomic E-state index is 0.152. The molecular weight excluding hydrogens is 480 g/mol. The molecule has 4 rings (SSSR count). The van der Waals surface area contributed by atoms with Crippen molar-refractivity contribution in [3.63, 3.8) is 0 Å². The molecule has 0 atom stereocenters. The Morgan fingerprint density at radius 1 is 1.03 bits per heavy atom. The Morgan fingerprint density at radius 2 is 1.74 bits per heavy atom. The molecule has 3 aromatic rings. The van der Waals surface area contributed by atoms with Gasteiger partial charge in [-0.25, -0.2) is 8.42 Å². The van der Waals surface area contributed by atoms with Gasteiger partial charge in [-0.1, -0.05) is 29.8 Å². The number of carbonyl (C=O) groups is 1. The molecule has 0 radical (unpaired) electrons. The lowest BCUT2D eigenvalue weighted by Gasteiger charge is -2.19. The van der Waals surface area contributed by atoms with Crippen LogP contribution in [0.1, 0.15) is 5.56 Å². The molecule has 1 amide bonds. The minimum atomic E-state index is -3.70. The van der Waals surface area contributed by atoms with Gasteiger partial charge in [0.1, 0.15) is 17.2 Å². The summed E-state index contributed by atoms with van der Waals surface area (Å²) in [5, 5.41) is 3.03. The third-order valence-electron chi connectivity index (χ3n) is 5.37. The van der Waals surface area contributed by atoms with Crippen molar-refractivity contribution < 1.29 is 27.4 Å². The summed E-state index contributed by atoms with van der Waals surface area (Å²) in [6, 6.07) is 16.5. The maximum absolute atomic E-state index is 13.1. The van der Waals surface area contributed by atoms with Gasteiger partial charge in [-0.3, -0.25) is 9.10 Å². The van der Waals surface area contributed by atoms with Gasteiger partial charge in [0.15, 0.2) is 6.61 Å². The topological polar surface area (TPSA) is 94.2 Å². The molecule has 0 fully saturated rings. The number of hydrogen-bond acceptors (Lipinski definition) is 6. The number of halogens is 1. The number of fused-ring (bicyclic) bond motifs is 1. The number of benzene rings is 3. The van der Waals surface area contributed by atoms with Gasteiger partial charge in [0.05, 0.1) is 35.5 Å². The number of sulfonamides is 1. The molecule has 0 aromatic heterocycles. The van der Waals surface area contributed by atoms with E-state index in [4.69, 9.17) is 25.8 Å². The Hall–Kier alpha value is -3.43. The first-order valence-electron chi connectivity index (χ1n) is 10.4. The second kappa shape index (κ2) is 9.82. The molecule has 1 aliphatic heterocycles. The molecule has 1 heterocycles. The zero-order chi connectivity index (χ0) is 24.3. The highest BCUT2D eigenvalue weighted by Gasteiger charge is 2.30. The van der Waals surface area contributed by atoms with E-state index < -0.39 is 15.9 Å². The first kappa shape index (κ1) is 23.7. The quantitative estimate of drug-likeness (QED) is 0.498. The third kappa shape index (κ3) is 4.76. The highest BCUT2D eigenvalue weighted by Crippen LogP contribution is 2.36. The monoisotopic (exact) mass is 502 g/mol. The average Bonchev–Trinajstić information content (AvgIpc) is 3.29. The Morgan fingerprint density at radius 3 is 2.44 bits per heavy atom. The second-order valence-electron chi connectivity index (χ2n) is 7.45. The van der Waals surface area contributed by atoms with Gasteiger partial charge in [0, 0.05) is 18.7 Å². The molecule has 0 saturated carbocycles. The molecule has 34 heavy (non-hydrogen) atoms. The van der Waals surface area contributed by atoms with Crippen molar-refractivity contribution in [3.8, 4) is 17.2 Å². The van der Waals surface area contributed by atoms with Crippen LogP contribution in [0.4, 0.5) is 11.4 Å². The van der Waals surface area contributed by atoms with Crippen molar-refractivity contribution in [1.82, 2.24) is 0 Å². The molecule has 0 unspecified atom stereocenters. The van der Waals surface area contributed by atoms with Crippen molar-refractivity contribution in [3.05, 3.63) is 71.2 Å². The molecule has 0 saturated heterocycles. The number of rotatable bonds is 8. The van der Waals surface area contributed by atoms with Gasteiger partial charge in [-0.05, 0) is 42.3 Å². The molecule has 8 nitrogen and oxygen atoms in total. The zero-order valence-electron chi connectivity index (χ0n) is 18.6. The molecule has 178 valence electrons. The second-order valence-corrected chi connectivity index (χ2v) is 9.72. The van der Waals surface area contributed by atoms with E-state index in [1.165, 1.54) is 48.9 Å². The van der Waals surface area contributed by atoms with E-state index in [-0.39, 0.29) is 11.5 Å². The lowest BCUT2D eigenvalue weighted by molar-refractivity contribution is -0.118. The summed E-state index contributed by atoms with van der Waals surface area (Å²) < 4.78 is 43.6. The average molecular weight is 503 g/mol. The number of amides is 1. The molecule has 3 aromatic carbocycles. The normalized spacial score (nSPS) is 12.7. The number of hydrogen-bond donors (Lipinski definition) is 1. The summed E-state index contributed by atoms with van der Waals surface area (Å²) >= 11 is 6.08. The van der Waals surface area contributed by atoms with E-state index >= 15 is 0 Å². The van der Waals surface area contributed by atoms with Crippen LogP contribution in [0, 0.1) is 0 Å². The van der Waals surface area contributed by atoms with Crippen LogP contribution in [0.3, 0.4) is 0 Å². The number of methoxy groups -OCH3 is 2. The number of anilines is 2. The zero-order valence-corrected chi connectivity index (χ0v) is 20.2.